The molecule has 2 aliphatic rings. The molecule has 0 radical (unpaired) electrons. The lowest BCUT2D eigenvalue weighted by molar-refractivity contribution is 0.551. The molecule has 10 aromatic rings. The maximum absolute atomic E-state index is 5.27. The normalized spacial score (nSPS) is 16.8. The molecule has 4 heterocycles. The molecule has 0 amide bonds. The van der Waals surface area contributed by atoms with Crippen molar-refractivity contribution in [2.24, 2.45) is 0 Å². The summed E-state index contributed by atoms with van der Waals surface area (Å²) < 4.78 is 4.60. The van der Waals surface area contributed by atoms with Gasteiger partial charge in [0.25, 0.3) is 0 Å². The Hall–Kier alpha value is -7.48. The van der Waals surface area contributed by atoms with Crippen molar-refractivity contribution in [3.63, 3.8) is 0 Å². The minimum atomic E-state index is -0.109. The Labute approximate surface area is 351 Å². The first-order valence-electron chi connectivity index (χ1n) is 20.3. The molecule has 7 aromatic carbocycles. The smallest absolute Gasteiger partial charge is 0.164 e. The van der Waals surface area contributed by atoms with Crippen LogP contribution in [-0.4, -0.2) is 30.5 Å². The minimum Gasteiger partial charge on any atom is -0.333 e. The molecular formula is C53H36N6S. The fraction of sp³-hybridized carbons (Fsp3) is 0.0566. The highest BCUT2D eigenvalue weighted by Crippen LogP contribution is 2.51. The molecule has 6 nitrogen and oxygen atoms in total. The first-order valence-corrected chi connectivity index (χ1v) is 21.1. The van der Waals surface area contributed by atoms with Crippen LogP contribution in [0.15, 0.2) is 194 Å². The molecule has 12 rings (SSSR count). The van der Waals surface area contributed by atoms with Gasteiger partial charge in [-0.25, -0.2) is 19.9 Å². The van der Waals surface area contributed by atoms with Crippen molar-refractivity contribution in [1.29, 1.82) is 0 Å². The van der Waals surface area contributed by atoms with Gasteiger partial charge in [0.05, 0.1) is 17.1 Å². The van der Waals surface area contributed by atoms with E-state index >= 15 is 0 Å². The summed E-state index contributed by atoms with van der Waals surface area (Å²) >= 11 is 1.79. The maximum atomic E-state index is 5.27. The molecule has 2 atom stereocenters. The molecule has 0 saturated heterocycles. The van der Waals surface area contributed by atoms with E-state index in [9.17, 15) is 0 Å². The fourth-order valence-corrected chi connectivity index (χ4v) is 10.5. The second-order valence-electron chi connectivity index (χ2n) is 15.6. The first-order chi connectivity index (χ1) is 29.6. The van der Waals surface area contributed by atoms with Gasteiger partial charge in [0.1, 0.15) is 5.82 Å². The average molecular weight is 789 g/mol. The number of benzene rings is 7. The Morgan fingerprint density at radius 1 is 0.550 bits per heavy atom. The van der Waals surface area contributed by atoms with E-state index in [2.05, 4.69) is 192 Å². The third kappa shape index (κ3) is 5.33. The number of imidazole rings is 1. The van der Waals surface area contributed by atoms with Crippen LogP contribution in [0.5, 0.6) is 0 Å². The SMILES string of the molecule is CC12C=CC=CC1N(c1ccc(-c3nc(-c4ccccc4)nc(-c4cccc5sc6c(-c7nc8ccccc8n7-c7ccccc7)cccc6c45)n3)cc1)c1ccccc12. The van der Waals surface area contributed by atoms with Crippen LogP contribution in [0, 0.1) is 0 Å². The van der Waals surface area contributed by atoms with Crippen LogP contribution in [0.25, 0.3) is 82.4 Å². The van der Waals surface area contributed by atoms with Crippen molar-refractivity contribution in [2.45, 2.75) is 18.4 Å². The van der Waals surface area contributed by atoms with Crippen LogP contribution >= 0.6 is 11.3 Å². The second-order valence-corrected chi connectivity index (χ2v) is 16.7. The molecule has 1 aliphatic carbocycles. The molecule has 0 N–H and O–H groups in total. The molecule has 60 heavy (non-hydrogen) atoms. The number of hydrogen-bond donors (Lipinski definition) is 0. The number of hydrogen-bond acceptors (Lipinski definition) is 6. The van der Waals surface area contributed by atoms with Crippen LogP contribution in [0.3, 0.4) is 0 Å². The fourth-order valence-electron chi connectivity index (χ4n) is 9.28. The summed E-state index contributed by atoms with van der Waals surface area (Å²) in [7, 11) is 0. The van der Waals surface area contributed by atoms with Gasteiger partial charge in [-0.05, 0) is 79.2 Å². The number of rotatable bonds is 6. The van der Waals surface area contributed by atoms with Gasteiger partial charge in [-0.2, -0.15) is 0 Å². The lowest BCUT2D eigenvalue weighted by atomic mass is 9.76. The molecule has 2 unspecified atom stereocenters. The van der Waals surface area contributed by atoms with E-state index in [-0.39, 0.29) is 11.5 Å². The van der Waals surface area contributed by atoms with Gasteiger partial charge >= 0.3 is 0 Å². The predicted molar refractivity (Wildman–Crippen MR) is 247 cm³/mol. The molecule has 284 valence electrons. The van der Waals surface area contributed by atoms with Crippen molar-refractivity contribution in [2.75, 3.05) is 4.90 Å². The lowest BCUT2D eigenvalue weighted by Gasteiger charge is -2.34. The quantitative estimate of drug-likeness (QED) is 0.168. The molecule has 1 aliphatic heterocycles. The molecule has 0 fully saturated rings. The van der Waals surface area contributed by atoms with Gasteiger partial charge in [-0.3, -0.25) is 4.57 Å². The minimum absolute atomic E-state index is 0.109. The number of thiophene rings is 1. The Bertz CT molecular complexity index is 3350. The molecule has 0 saturated carbocycles. The summed E-state index contributed by atoms with van der Waals surface area (Å²) in [5.41, 5.74) is 10.6. The molecule has 0 bridgehead atoms. The number of anilines is 2. The number of allylic oxidation sites excluding steroid dienone is 2. The van der Waals surface area contributed by atoms with Crippen LogP contribution in [0.4, 0.5) is 11.4 Å². The largest absolute Gasteiger partial charge is 0.333 e. The van der Waals surface area contributed by atoms with Crippen LogP contribution in [0.2, 0.25) is 0 Å². The molecule has 7 heteroatoms. The Morgan fingerprint density at radius 3 is 2.07 bits per heavy atom. The Kier molecular flexibility index (Phi) is 7.80. The third-order valence-corrected chi connectivity index (χ3v) is 13.3. The van der Waals surface area contributed by atoms with Gasteiger partial charge in [0.2, 0.25) is 0 Å². The zero-order valence-electron chi connectivity index (χ0n) is 32.6. The lowest BCUT2D eigenvalue weighted by Crippen LogP contribution is -2.39. The van der Waals surface area contributed by atoms with E-state index in [0.717, 1.165) is 66.0 Å². The standard InChI is InChI=1S/C53H36N6S/c1-53-33-13-12-28-46(53)58(43-25-10-8-23-41(43)53)37-31-29-35(30-32-37)50-55-49(34-16-4-2-5-17-34)56-51(57-50)39-21-15-27-45-47(39)38-20-14-22-40(48(38)60-45)52-54-42-24-9-11-26-44(42)59(52)36-18-6-3-7-19-36/h2-33,46H,1H3. The number of nitrogens with zero attached hydrogens (tertiary/aromatic N) is 6. The second kappa shape index (κ2) is 13.5. The van der Waals surface area contributed by atoms with E-state index in [1.807, 2.05) is 18.2 Å². The van der Waals surface area contributed by atoms with Crippen molar-refractivity contribution in [1.82, 2.24) is 24.5 Å². The highest BCUT2D eigenvalue weighted by molar-refractivity contribution is 7.26. The van der Waals surface area contributed by atoms with E-state index in [1.54, 1.807) is 11.3 Å². The van der Waals surface area contributed by atoms with Crippen molar-refractivity contribution in [3.8, 4) is 51.2 Å². The summed E-state index contributed by atoms with van der Waals surface area (Å²) in [5, 5.41) is 2.27. The summed E-state index contributed by atoms with van der Waals surface area (Å²) in [6, 6.07) is 59.7. The highest BCUT2D eigenvalue weighted by Gasteiger charge is 2.46. The predicted octanol–water partition coefficient (Wildman–Crippen LogP) is 13.2. The van der Waals surface area contributed by atoms with Gasteiger partial charge < -0.3 is 4.90 Å². The number of para-hydroxylation sites is 4. The summed E-state index contributed by atoms with van der Waals surface area (Å²) in [5.74, 6) is 2.82. The Balaban J connectivity index is 1.01. The first kappa shape index (κ1) is 34.6. The number of fused-ring (bicyclic) bond motifs is 7. The summed E-state index contributed by atoms with van der Waals surface area (Å²) in [4.78, 5) is 23.3. The van der Waals surface area contributed by atoms with E-state index in [0.29, 0.717) is 17.5 Å². The Morgan fingerprint density at radius 2 is 1.23 bits per heavy atom. The zero-order chi connectivity index (χ0) is 39.8. The summed E-state index contributed by atoms with van der Waals surface area (Å²) in [6.45, 7) is 2.34. The topological polar surface area (TPSA) is 59.7 Å². The van der Waals surface area contributed by atoms with Crippen molar-refractivity contribution < 1.29 is 0 Å². The molecular weight excluding hydrogens is 753 g/mol. The highest BCUT2D eigenvalue weighted by atomic mass is 32.1. The van der Waals surface area contributed by atoms with Crippen LogP contribution < -0.4 is 4.90 Å². The van der Waals surface area contributed by atoms with E-state index in [1.165, 1.54) is 16.0 Å². The maximum Gasteiger partial charge on any atom is 0.164 e. The van der Waals surface area contributed by atoms with Crippen LogP contribution in [-0.2, 0) is 5.41 Å². The van der Waals surface area contributed by atoms with Crippen LogP contribution in [0.1, 0.15) is 12.5 Å². The molecule has 0 spiro atoms. The van der Waals surface area contributed by atoms with E-state index in [4.69, 9.17) is 19.9 Å². The van der Waals surface area contributed by atoms with Crippen molar-refractivity contribution >= 4 is 53.9 Å². The van der Waals surface area contributed by atoms with Gasteiger partial charge in [-0.15, -0.1) is 11.3 Å². The molecule has 3 aromatic heterocycles. The van der Waals surface area contributed by atoms with Gasteiger partial charge in [-0.1, -0.05) is 127 Å². The number of aromatic nitrogens is 5. The van der Waals surface area contributed by atoms with E-state index < -0.39 is 0 Å². The van der Waals surface area contributed by atoms with Gasteiger partial charge in [0, 0.05) is 64.9 Å². The summed E-state index contributed by atoms with van der Waals surface area (Å²) in [6.07, 6.45) is 8.98. The monoisotopic (exact) mass is 788 g/mol. The third-order valence-electron chi connectivity index (χ3n) is 12.1. The van der Waals surface area contributed by atoms with Crippen molar-refractivity contribution in [3.05, 3.63) is 200 Å². The average Bonchev–Trinajstić information content (AvgIpc) is 3.98. The zero-order valence-corrected chi connectivity index (χ0v) is 33.5. The van der Waals surface area contributed by atoms with Gasteiger partial charge in [0.15, 0.2) is 17.5 Å².